The first-order valence-corrected chi connectivity index (χ1v) is 16.8. The molecule has 4 aliphatic rings. The molecule has 4 rings (SSSR count). The number of likely N-dealkylation sites (N-methyl/N-ethyl adjacent to an activating group) is 1. The van der Waals surface area contributed by atoms with Gasteiger partial charge in [0, 0.05) is 0 Å². The van der Waals surface area contributed by atoms with Crippen LogP contribution in [0.2, 0.25) is 0 Å². The van der Waals surface area contributed by atoms with E-state index in [1.807, 2.05) is 0 Å². The van der Waals surface area contributed by atoms with Crippen LogP contribution >= 0.6 is 0 Å². The van der Waals surface area contributed by atoms with Gasteiger partial charge in [0.05, 0.1) is 32.3 Å². The summed E-state index contributed by atoms with van der Waals surface area (Å²) in [5, 5.41) is 0. The molecule has 2 nitrogen and oxygen atoms in total. The molecule has 0 amide bonds. The SMILES string of the molecule is CC[N+](CC)(CC)CCOC1CCC2(C)C(=CCC3C2CCC2(C)C(C(C)CCCC(C)C)CCC32)C1. The molecule has 0 aromatic rings. The molecular weight excluding hydrogens is 450 g/mol. The second kappa shape index (κ2) is 12.0. The lowest BCUT2D eigenvalue weighted by molar-refractivity contribution is -0.923. The van der Waals surface area contributed by atoms with Crippen LogP contribution in [0.5, 0.6) is 0 Å². The van der Waals surface area contributed by atoms with Crippen molar-refractivity contribution in [2.24, 2.45) is 46.3 Å². The minimum atomic E-state index is 0.446. The Hall–Kier alpha value is -0.340. The molecule has 0 aromatic carbocycles. The Morgan fingerprint density at radius 3 is 2.32 bits per heavy atom. The van der Waals surface area contributed by atoms with Gasteiger partial charge in [-0.1, -0.05) is 65.5 Å². The van der Waals surface area contributed by atoms with E-state index in [2.05, 4.69) is 61.5 Å². The monoisotopic (exact) mass is 514 g/mol. The van der Waals surface area contributed by atoms with E-state index < -0.39 is 0 Å². The van der Waals surface area contributed by atoms with Gasteiger partial charge in [-0.05, 0) is 118 Å². The van der Waals surface area contributed by atoms with E-state index in [4.69, 9.17) is 4.74 Å². The molecular formula is C35H64NO+. The number of allylic oxidation sites excluding steroid dienone is 1. The highest BCUT2D eigenvalue weighted by Crippen LogP contribution is 2.67. The molecule has 0 saturated heterocycles. The van der Waals surface area contributed by atoms with Gasteiger partial charge >= 0.3 is 0 Å². The summed E-state index contributed by atoms with van der Waals surface area (Å²) in [5.74, 6) is 5.56. The average molecular weight is 515 g/mol. The Labute approximate surface area is 232 Å². The summed E-state index contributed by atoms with van der Waals surface area (Å²) in [4.78, 5) is 0. The molecule has 4 aliphatic carbocycles. The molecule has 0 N–H and O–H groups in total. The number of quaternary nitrogens is 1. The smallest absolute Gasteiger partial charge is 0.102 e. The summed E-state index contributed by atoms with van der Waals surface area (Å²) < 4.78 is 7.79. The maximum atomic E-state index is 6.59. The molecule has 37 heavy (non-hydrogen) atoms. The van der Waals surface area contributed by atoms with Crippen LogP contribution < -0.4 is 0 Å². The Bertz CT molecular complexity index is 759. The van der Waals surface area contributed by atoms with Crippen molar-refractivity contribution in [1.29, 1.82) is 0 Å². The van der Waals surface area contributed by atoms with Crippen LogP contribution in [0.1, 0.15) is 126 Å². The first-order chi connectivity index (χ1) is 17.6. The van der Waals surface area contributed by atoms with Gasteiger partial charge in [0.15, 0.2) is 0 Å². The predicted molar refractivity (Wildman–Crippen MR) is 160 cm³/mol. The summed E-state index contributed by atoms with van der Waals surface area (Å²) >= 11 is 0. The van der Waals surface area contributed by atoms with E-state index in [0.29, 0.717) is 16.9 Å². The van der Waals surface area contributed by atoms with Gasteiger partial charge < -0.3 is 9.22 Å². The zero-order chi connectivity index (χ0) is 26.8. The number of nitrogens with zero attached hydrogens (tertiary/aromatic N) is 1. The number of rotatable bonds is 12. The van der Waals surface area contributed by atoms with Crippen molar-refractivity contribution in [3.05, 3.63) is 11.6 Å². The predicted octanol–water partition coefficient (Wildman–Crippen LogP) is 9.29. The summed E-state index contributed by atoms with van der Waals surface area (Å²) in [6.07, 6.45) is 18.7. The zero-order valence-electron chi connectivity index (χ0n) is 26.3. The number of ether oxygens (including phenoxy) is 1. The van der Waals surface area contributed by atoms with Crippen LogP contribution in [-0.4, -0.2) is 43.4 Å². The second-order valence-electron chi connectivity index (χ2n) is 15.0. The maximum Gasteiger partial charge on any atom is 0.102 e. The second-order valence-corrected chi connectivity index (χ2v) is 15.0. The summed E-state index contributed by atoms with van der Waals surface area (Å²) in [6.45, 7) is 25.6. The molecule has 8 atom stereocenters. The van der Waals surface area contributed by atoms with Crippen LogP contribution in [0.4, 0.5) is 0 Å². The van der Waals surface area contributed by atoms with E-state index in [1.165, 1.54) is 101 Å². The molecule has 214 valence electrons. The fraction of sp³-hybridized carbons (Fsp3) is 0.943. The fourth-order valence-electron chi connectivity index (χ4n) is 10.4. The molecule has 0 aliphatic heterocycles. The van der Waals surface area contributed by atoms with Crippen molar-refractivity contribution in [2.45, 2.75) is 132 Å². The zero-order valence-corrected chi connectivity index (χ0v) is 26.3. The lowest BCUT2D eigenvalue weighted by Gasteiger charge is -2.58. The van der Waals surface area contributed by atoms with Crippen LogP contribution in [0.3, 0.4) is 0 Å². The minimum absolute atomic E-state index is 0.446. The van der Waals surface area contributed by atoms with Crippen molar-refractivity contribution in [3.63, 3.8) is 0 Å². The third-order valence-electron chi connectivity index (χ3n) is 13.2. The molecule has 0 radical (unpaired) electrons. The normalized spacial score (nSPS) is 38.6. The minimum Gasteiger partial charge on any atom is -0.372 e. The number of hydrogen-bond donors (Lipinski definition) is 0. The van der Waals surface area contributed by atoms with Crippen molar-refractivity contribution in [2.75, 3.05) is 32.8 Å². The lowest BCUT2D eigenvalue weighted by Crippen LogP contribution is -2.51. The molecule has 3 saturated carbocycles. The highest BCUT2D eigenvalue weighted by molar-refractivity contribution is 5.25. The van der Waals surface area contributed by atoms with Gasteiger partial charge in [-0.3, -0.25) is 0 Å². The number of fused-ring (bicyclic) bond motifs is 5. The highest BCUT2D eigenvalue weighted by Gasteiger charge is 2.59. The van der Waals surface area contributed by atoms with Gasteiger partial charge in [0.25, 0.3) is 0 Å². The standard InChI is InChI=1S/C35H64NO/c1-9-36(10-2,11-3)23-24-37-29-19-21-34(7)28(25-29)15-16-30-32-18-17-31(27(6)14-12-13-26(4)5)35(32,8)22-20-33(30)34/h15,26-27,29-33H,9-14,16-25H2,1-8H3/q+1. The molecule has 8 unspecified atom stereocenters. The molecule has 0 bridgehead atoms. The summed E-state index contributed by atoms with van der Waals surface area (Å²) in [6, 6.07) is 0. The van der Waals surface area contributed by atoms with Gasteiger partial charge in [-0.25, -0.2) is 0 Å². The third-order valence-corrected chi connectivity index (χ3v) is 13.2. The quantitative estimate of drug-likeness (QED) is 0.186. The highest BCUT2D eigenvalue weighted by atomic mass is 16.5. The van der Waals surface area contributed by atoms with Gasteiger partial charge in [0.2, 0.25) is 0 Å². The molecule has 3 fully saturated rings. The van der Waals surface area contributed by atoms with Crippen LogP contribution in [0.25, 0.3) is 0 Å². The van der Waals surface area contributed by atoms with Gasteiger partial charge in [-0.15, -0.1) is 0 Å². The largest absolute Gasteiger partial charge is 0.372 e. The van der Waals surface area contributed by atoms with Crippen LogP contribution in [-0.2, 0) is 4.74 Å². The van der Waals surface area contributed by atoms with Gasteiger partial charge in [-0.2, -0.15) is 0 Å². The maximum absolute atomic E-state index is 6.59. The van der Waals surface area contributed by atoms with Crippen molar-refractivity contribution in [3.8, 4) is 0 Å². The fourth-order valence-corrected chi connectivity index (χ4v) is 10.4. The van der Waals surface area contributed by atoms with E-state index in [0.717, 1.165) is 42.1 Å². The third kappa shape index (κ3) is 5.77. The van der Waals surface area contributed by atoms with Crippen LogP contribution in [0, 0.1) is 46.3 Å². The van der Waals surface area contributed by atoms with E-state index in [9.17, 15) is 0 Å². The number of hydrogen-bond acceptors (Lipinski definition) is 1. The first-order valence-electron chi connectivity index (χ1n) is 16.8. The lowest BCUT2D eigenvalue weighted by atomic mass is 9.47. The molecule has 0 heterocycles. The van der Waals surface area contributed by atoms with E-state index in [1.54, 1.807) is 5.57 Å². The van der Waals surface area contributed by atoms with Crippen molar-refractivity contribution >= 4 is 0 Å². The first kappa shape index (κ1) is 29.6. The summed E-state index contributed by atoms with van der Waals surface area (Å²) in [7, 11) is 0. The van der Waals surface area contributed by atoms with Crippen molar-refractivity contribution < 1.29 is 9.22 Å². The van der Waals surface area contributed by atoms with E-state index >= 15 is 0 Å². The Kier molecular flexibility index (Phi) is 9.64. The molecule has 0 spiro atoms. The van der Waals surface area contributed by atoms with Crippen LogP contribution in [0.15, 0.2) is 11.6 Å². The Morgan fingerprint density at radius 1 is 0.919 bits per heavy atom. The summed E-state index contributed by atoms with van der Waals surface area (Å²) in [5.41, 5.74) is 2.83. The van der Waals surface area contributed by atoms with Crippen molar-refractivity contribution in [1.82, 2.24) is 0 Å². The average Bonchev–Trinajstić information content (AvgIpc) is 3.24. The Morgan fingerprint density at radius 2 is 1.65 bits per heavy atom. The molecule has 2 heteroatoms. The van der Waals surface area contributed by atoms with E-state index in [-0.39, 0.29) is 0 Å². The van der Waals surface area contributed by atoms with Gasteiger partial charge in [0.1, 0.15) is 6.54 Å². The topological polar surface area (TPSA) is 9.23 Å². The Balaban J connectivity index is 1.37. The molecule has 0 aromatic heterocycles.